The molecule has 1 saturated heterocycles. The monoisotopic (exact) mass is 352 g/mol. The number of aromatic nitrogens is 3. The second-order valence-electron chi connectivity index (χ2n) is 6.31. The number of rotatable bonds is 4. The van der Waals surface area contributed by atoms with Crippen molar-refractivity contribution in [3.8, 4) is 0 Å². The van der Waals surface area contributed by atoms with E-state index in [0.29, 0.717) is 17.3 Å². The van der Waals surface area contributed by atoms with E-state index in [0.717, 1.165) is 42.9 Å². The van der Waals surface area contributed by atoms with Crippen molar-refractivity contribution < 1.29 is 9.90 Å². The highest BCUT2D eigenvalue weighted by Gasteiger charge is 2.20. The van der Waals surface area contributed by atoms with Crippen LogP contribution in [0.5, 0.6) is 0 Å². The number of nitrogens with zero attached hydrogens (tertiary/aromatic N) is 3. The summed E-state index contributed by atoms with van der Waals surface area (Å²) in [5, 5.41) is 16.1. The van der Waals surface area contributed by atoms with E-state index in [4.69, 9.17) is 0 Å². The maximum atomic E-state index is 11.7. The number of nitrogens with one attached hydrogen (secondary N) is 3. The summed E-state index contributed by atoms with van der Waals surface area (Å²) in [5.41, 5.74) is 3.39. The molecule has 1 aliphatic rings. The summed E-state index contributed by atoms with van der Waals surface area (Å²) in [7, 11) is 0. The lowest BCUT2D eigenvalue weighted by atomic mass is 10.1. The second kappa shape index (κ2) is 6.64. The first-order valence-electron chi connectivity index (χ1n) is 8.53. The Hall–Kier alpha value is -3.13. The third-order valence-corrected chi connectivity index (χ3v) is 4.53. The smallest absolute Gasteiger partial charge is 0.337 e. The van der Waals surface area contributed by atoms with Crippen molar-refractivity contribution in [1.29, 1.82) is 0 Å². The van der Waals surface area contributed by atoms with Crippen LogP contribution in [0.25, 0.3) is 11.0 Å². The Balaban J connectivity index is 1.73. The molecule has 0 radical (unpaired) electrons. The molecule has 3 aromatic rings. The van der Waals surface area contributed by atoms with Gasteiger partial charge in [0.05, 0.1) is 22.3 Å². The predicted octanol–water partition coefficient (Wildman–Crippen LogP) is 2.12. The van der Waals surface area contributed by atoms with Gasteiger partial charge in [-0.25, -0.2) is 14.8 Å². The molecule has 0 unspecified atom stereocenters. The lowest BCUT2D eigenvalue weighted by Gasteiger charge is -2.30. The molecular weight excluding hydrogens is 332 g/mol. The summed E-state index contributed by atoms with van der Waals surface area (Å²) in [5.74, 6) is 0.307. The van der Waals surface area contributed by atoms with Gasteiger partial charge in [-0.1, -0.05) is 6.07 Å². The van der Waals surface area contributed by atoms with Gasteiger partial charge in [0.15, 0.2) is 0 Å². The number of H-pyrrole nitrogens is 1. The second-order valence-corrected chi connectivity index (χ2v) is 6.31. The number of pyridine rings is 1. The summed E-state index contributed by atoms with van der Waals surface area (Å²) in [6.07, 6.45) is 1.71. The van der Waals surface area contributed by atoms with Gasteiger partial charge >= 0.3 is 5.97 Å². The summed E-state index contributed by atoms with van der Waals surface area (Å²) < 4.78 is 0. The van der Waals surface area contributed by atoms with Crippen LogP contribution in [0.4, 0.5) is 17.5 Å². The Labute approximate surface area is 150 Å². The number of fused-ring (bicyclic) bond motifs is 1. The molecule has 0 amide bonds. The van der Waals surface area contributed by atoms with E-state index in [-0.39, 0.29) is 5.56 Å². The lowest BCUT2D eigenvalue weighted by molar-refractivity contribution is 0.0697. The number of carboxylic acids is 1. The van der Waals surface area contributed by atoms with E-state index in [1.807, 2.05) is 25.1 Å². The molecule has 8 nitrogen and oxygen atoms in total. The SMILES string of the molecule is Cc1cccnc1Nc1nc2cc(C(=O)O)c(N3CCNCC3)cc2[nH]1. The lowest BCUT2D eigenvalue weighted by Crippen LogP contribution is -2.44. The van der Waals surface area contributed by atoms with Crippen molar-refractivity contribution in [3.05, 3.63) is 41.6 Å². The van der Waals surface area contributed by atoms with Crippen molar-refractivity contribution in [1.82, 2.24) is 20.3 Å². The van der Waals surface area contributed by atoms with Crippen LogP contribution in [0.2, 0.25) is 0 Å². The third kappa shape index (κ3) is 3.06. The number of benzene rings is 1. The largest absolute Gasteiger partial charge is 0.478 e. The Bertz CT molecular complexity index is 961. The van der Waals surface area contributed by atoms with Crippen LogP contribution in [-0.4, -0.2) is 52.2 Å². The van der Waals surface area contributed by atoms with E-state index in [2.05, 4.69) is 30.5 Å². The van der Waals surface area contributed by atoms with Crippen LogP contribution >= 0.6 is 0 Å². The highest BCUT2D eigenvalue weighted by molar-refractivity contribution is 6.00. The third-order valence-electron chi connectivity index (χ3n) is 4.53. The Morgan fingerprint density at radius 3 is 2.85 bits per heavy atom. The van der Waals surface area contributed by atoms with E-state index < -0.39 is 5.97 Å². The molecule has 134 valence electrons. The highest BCUT2D eigenvalue weighted by Crippen LogP contribution is 2.28. The molecular formula is C18H20N6O2. The number of aromatic carboxylic acids is 1. The van der Waals surface area contributed by atoms with E-state index >= 15 is 0 Å². The van der Waals surface area contributed by atoms with Gasteiger partial charge in [0.25, 0.3) is 0 Å². The number of aromatic amines is 1. The molecule has 26 heavy (non-hydrogen) atoms. The molecule has 4 rings (SSSR count). The predicted molar refractivity (Wildman–Crippen MR) is 100 cm³/mol. The van der Waals surface area contributed by atoms with Crippen molar-refractivity contribution in [3.63, 3.8) is 0 Å². The number of anilines is 3. The minimum atomic E-state index is -0.946. The Morgan fingerprint density at radius 1 is 1.31 bits per heavy atom. The quantitative estimate of drug-likeness (QED) is 0.570. The molecule has 0 atom stereocenters. The summed E-state index contributed by atoms with van der Waals surface area (Å²) >= 11 is 0. The maximum absolute atomic E-state index is 11.7. The van der Waals surface area contributed by atoms with Crippen molar-refractivity contribution >= 4 is 34.5 Å². The van der Waals surface area contributed by atoms with Crippen LogP contribution in [0.1, 0.15) is 15.9 Å². The van der Waals surface area contributed by atoms with Gasteiger partial charge in [-0.2, -0.15) is 0 Å². The summed E-state index contributed by atoms with van der Waals surface area (Å²) in [6.45, 7) is 5.19. The van der Waals surface area contributed by atoms with Crippen molar-refractivity contribution in [2.75, 3.05) is 36.4 Å². The average Bonchev–Trinajstić information content (AvgIpc) is 3.04. The van der Waals surface area contributed by atoms with E-state index in [1.54, 1.807) is 12.3 Å². The zero-order valence-corrected chi connectivity index (χ0v) is 14.4. The molecule has 2 aromatic heterocycles. The molecule has 0 saturated carbocycles. The fourth-order valence-corrected chi connectivity index (χ4v) is 3.17. The van der Waals surface area contributed by atoms with Gasteiger partial charge in [-0.05, 0) is 30.7 Å². The average molecular weight is 352 g/mol. The van der Waals surface area contributed by atoms with Gasteiger partial charge in [-0.15, -0.1) is 0 Å². The molecule has 0 bridgehead atoms. The summed E-state index contributed by atoms with van der Waals surface area (Å²) in [4.78, 5) is 25.8. The van der Waals surface area contributed by atoms with Crippen LogP contribution < -0.4 is 15.5 Å². The highest BCUT2D eigenvalue weighted by atomic mass is 16.4. The molecule has 0 spiro atoms. The van der Waals surface area contributed by atoms with E-state index in [1.165, 1.54) is 0 Å². The summed E-state index contributed by atoms with van der Waals surface area (Å²) in [6, 6.07) is 7.33. The van der Waals surface area contributed by atoms with Crippen molar-refractivity contribution in [2.24, 2.45) is 0 Å². The molecule has 3 heterocycles. The number of hydrogen-bond acceptors (Lipinski definition) is 6. The molecule has 0 aliphatic carbocycles. The standard InChI is InChI=1S/C18H20N6O2/c1-11-3-2-4-20-16(11)23-18-21-13-9-12(17(25)26)15(10-14(13)22-18)24-7-5-19-6-8-24/h2-4,9-10,19H,5-8H2,1H3,(H,25,26)(H2,20,21,22,23). The van der Waals surface area contributed by atoms with Crippen LogP contribution in [0, 0.1) is 6.92 Å². The van der Waals surface area contributed by atoms with Crippen LogP contribution in [0.15, 0.2) is 30.5 Å². The minimum Gasteiger partial charge on any atom is -0.478 e. The van der Waals surface area contributed by atoms with Gasteiger partial charge in [0, 0.05) is 32.4 Å². The number of carboxylic acid groups (broad SMARTS) is 1. The minimum absolute atomic E-state index is 0.270. The van der Waals surface area contributed by atoms with Crippen molar-refractivity contribution in [2.45, 2.75) is 6.92 Å². The maximum Gasteiger partial charge on any atom is 0.337 e. The van der Waals surface area contributed by atoms with E-state index in [9.17, 15) is 9.90 Å². The number of piperazine rings is 1. The number of hydrogen-bond donors (Lipinski definition) is 4. The van der Waals surface area contributed by atoms with Crippen LogP contribution in [-0.2, 0) is 0 Å². The fraction of sp³-hybridized carbons (Fsp3) is 0.278. The zero-order chi connectivity index (χ0) is 18.1. The number of aryl methyl sites for hydroxylation is 1. The fourth-order valence-electron chi connectivity index (χ4n) is 3.17. The zero-order valence-electron chi connectivity index (χ0n) is 14.4. The molecule has 1 fully saturated rings. The first-order chi connectivity index (χ1) is 12.6. The van der Waals surface area contributed by atoms with Crippen LogP contribution in [0.3, 0.4) is 0 Å². The molecule has 8 heteroatoms. The molecule has 1 aromatic carbocycles. The molecule has 4 N–H and O–H groups in total. The normalized spacial score (nSPS) is 14.6. The first-order valence-corrected chi connectivity index (χ1v) is 8.53. The van der Waals surface area contributed by atoms with Gasteiger partial charge in [0.2, 0.25) is 5.95 Å². The Kier molecular flexibility index (Phi) is 4.18. The van der Waals surface area contributed by atoms with Gasteiger partial charge in [-0.3, -0.25) is 0 Å². The van der Waals surface area contributed by atoms with Gasteiger partial charge < -0.3 is 25.6 Å². The Morgan fingerprint density at radius 2 is 2.12 bits per heavy atom. The number of imidazole rings is 1. The van der Waals surface area contributed by atoms with Gasteiger partial charge in [0.1, 0.15) is 5.82 Å². The molecule has 1 aliphatic heterocycles. The first kappa shape index (κ1) is 16.3. The number of carbonyl (C=O) groups is 1. The topological polar surface area (TPSA) is 106 Å².